The van der Waals surface area contributed by atoms with Crippen LogP contribution in [0.4, 0.5) is 13.2 Å². The Kier molecular flexibility index (Phi) is 8.26. The second-order valence-corrected chi connectivity index (χ2v) is 8.47. The Bertz CT molecular complexity index is 680. The fraction of sp³-hybridized carbons (Fsp3) is 0.882. The largest absolute Gasteiger partial charge is 0.741 e. The van der Waals surface area contributed by atoms with E-state index in [4.69, 9.17) is 13.0 Å². The molecule has 0 aromatic heterocycles. The molecule has 0 aromatic carbocycles. The summed E-state index contributed by atoms with van der Waals surface area (Å²) < 4.78 is 61.4. The molecule has 11 heteroatoms. The topological polar surface area (TPSA) is 79.0 Å². The van der Waals surface area contributed by atoms with Crippen LogP contribution in [-0.2, 0) is 10.1 Å². The predicted molar refractivity (Wildman–Crippen MR) is 99.6 cm³/mol. The molecule has 4 heterocycles. The quantitative estimate of drug-likeness (QED) is 0.363. The molecule has 1 unspecified atom stereocenters. The van der Waals surface area contributed by atoms with Crippen LogP contribution in [-0.4, -0.2) is 90.3 Å². The van der Waals surface area contributed by atoms with Crippen LogP contribution in [0.1, 0.15) is 45.4 Å². The summed E-state index contributed by atoms with van der Waals surface area (Å²) in [5.74, 6) is 1.38. The van der Waals surface area contributed by atoms with Crippen LogP contribution in [0, 0.1) is 0 Å². The number of halogens is 3. The van der Waals surface area contributed by atoms with Crippen molar-refractivity contribution in [3.05, 3.63) is 0 Å². The van der Waals surface area contributed by atoms with Gasteiger partial charge in [0.05, 0.1) is 5.84 Å². The van der Waals surface area contributed by atoms with Crippen LogP contribution in [0.3, 0.4) is 0 Å². The molecule has 4 rings (SSSR count). The normalized spacial score (nSPS) is 24.8. The fourth-order valence-electron chi connectivity index (χ4n) is 3.89. The minimum absolute atomic E-state index is 0.758. The molecule has 0 bridgehead atoms. The molecule has 0 saturated carbocycles. The van der Waals surface area contributed by atoms with Crippen molar-refractivity contribution in [2.75, 3.05) is 39.3 Å². The van der Waals surface area contributed by atoms with E-state index in [1.54, 1.807) is 0 Å². The van der Waals surface area contributed by atoms with Crippen molar-refractivity contribution < 1.29 is 30.7 Å². The smallest absolute Gasteiger partial charge is 0.485 e. The van der Waals surface area contributed by atoms with Crippen molar-refractivity contribution in [1.29, 1.82) is 0 Å². The predicted octanol–water partition coefficient (Wildman–Crippen LogP) is 1.85. The Morgan fingerprint density at radius 2 is 1.93 bits per heavy atom. The van der Waals surface area contributed by atoms with E-state index in [1.165, 1.54) is 77.1 Å². The maximum absolute atomic E-state index is 10.7. The molecule has 4 aliphatic heterocycles. The maximum atomic E-state index is 10.7. The summed E-state index contributed by atoms with van der Waals surface area (Å²) in [5, 5.41) is 0. The van der Waals surface area contributed by atoms with E-state index >= 15 is 0 Å². The molecule has 162 valence electrons. The number of hydrogen-bond donors (Lipinski definition) is 0. The lowest BCUT2D eigenvalue weighted by Gasteiger charge is -2.26. The first kappa shape index (κ1) is 23.1. The van der Waals surface area contributed by atoms with Crippen molar-refractivity contribution in [3.8, 4) is 0 Å². The summed E-state index contributed by atoms with van der Waals surface area (Å²) in [6.45, 7) is 9.65. The van der Waals surface area contributed by atoms with E-state index in [2.05, 4.69) is 32.5 Å². The van der Waals surface area contributed by atoms with Gasteiger partial charge in [-0.3, -0.25) is 4.99 Å². The zero-order chi connectivity index (χ0) is 20.8. The van der Waals surface area contributed by atoms with Crippen LogP contribution in [0.5, 0.6) is 0 Å². The van der Waals surface area contributed by atoms with Crippen LogP contribution in [0.2, 0.25) is 0 Å². The highest BCUT2D eigenvalue weighted by molar-refractivity contribution is 7.86. The Morgan fingerprint density at radius 3 is 2.54 bits per heavy atom. The number of fused-ring (bicyclic) bond motifs is 2. The van der Waals surface area contributed by atoms with Gasteiger partial charge < -0.3 is 9.45 Å². The number of amidine groups is 1. The van der Waals surface area contributed by atoms with Gasteiger partial charge in [0.15, 0.2) is 10.1 Å². The zero-order valence-corrected chi connectivity index (χ0v) is 17.0. The average molecular weight is 427 g/mol. The number of hydrogen-bond acceptors (Lipinski definition) is 6. The third-order valence-corrected chi connectivity index (χ3v) is 5.79. The van der Waals surface area contributed by atoms with E-state index < -0.39 is 15.6 Å². The van der Waals surface area contributed by atoms with E-state index in [0.717, 1.165) is 12.7 Å². The lowest BCUT2D eigenvalue weighted by molar-refractivity contribution is -0.570. The van der Waals surface area contributed by atoms with E-state index in [-0.39, 0.29) is 0 Å². The van der Waals surface area contributed by atoms with Gasteiger partial charge in [0, 0.05) is 58.4 Å². The summed E-state index contributed by atoms with van der Waals surface area (Å²) in [6, 6.07) is 0. The first-order chi connectivity index (χ1) is 13.1. The van der Waals surface area contributed by atoms with Crippen LogP contribution < -0.4 is 0 Å². The molecule has 0 radical (unpaired) electrons. The minimum Gasteiger partial charge on any atom is -0.741 e. The van der Waals surface area contributed by atoms with Gasteiger partial charge in [0.1, 0.15) is 12.8 Å². The first-order valence-electron chi connectivity index (χ1n) is 9.77. The second-order valence-electron chi connectivity index (χ2n) is 7.10. The highest BCUT2D eigenvalue weighted by Crippen LogP contribution is 2.20. The Hall–Kier alpha value is -1.20. The molecule has 2 saturated heterocycles. The van der Waals surface area contributed by atoms with Gasteiger partial charge in [-0.15, -0.1) is 0 Å². The first-order valence-corrected chi connectivity index (χ1v) is 11.2. The number of rotatable bonds is 1. The molecule has 28 heavy (non-hydrogen) atoms. The van der Waals surface area contributed by atoms with Crippen LogP contribution >= 0.6 is 0 Å². The molecule has 1 atom stereocenters. The van der Waals surface area contributed by atoms with E-state index in [0.29, 0.717) is 0 Å². The highest BCUT2D eigenvalue weighted by Gasteiger charge is 2.37. The van der Waals surface area contributed by atoms with Gasteiger partial charge in [-0.1, -0.05) is 6.92 Å². The minimum atomic E-state index is -6.09. The van der Waals surface area contributed by atoms with Gasteiger partial charge in [0.25, 0.3) is 0 Å². The SMILES string of the molecule is C1CN=C2CCCN2C1.CCN1CCC=[N+]2CCCC12.O=S(=O)([O-])C(F)(F)F. The third kappa shape index (κ3) is 6.41. The van der Waals surface area contributed by atoms with E-state index in [1.807, 2.05) is 0 Å². The molecule has 0 amide bonds. The van der Waals surface area contributed by atoms with Gasteiger partial charge in [-0.2, -0.15) is 13.2 Å². The van der Waals surface area contributed by atoms with Crippen LogP contribution in [0.25, 0.3) is 0 Å². The third-order valence-electron chi connectivity index (χ3n) is 5.23. The average Bonchev–Trinajstić information content (AvgIpc) is 3.29. The molecule has 2 fully saturated rings. The lowest BCUT2D eigenvalue weighted by atomic mass is 10.2. The zero-order valence-electron chi connectivity index (χ0n) is 16.2. The summed E-state index contributed by atoms with van der Waals surface area (Å²) >= 11 is 0. The molecule has 4 aliphatic rings. The summed E-state index contributed by atoms with van der Waals surface area (Å²) in [4.78, 5) is 9.44. The second kappa shape index (κ2) is 10.0. The Labute approximate surface area is 164 Å². The lowest BCUT2D eigenvalue weighted by Crippen LogP contribution is -2.44. The molecule has 0 N–H and O–H groups in total. The van der Waals surface area contributed by atoms with Crippen molar-refractivity contribution in [1.82, 2.24) is 9.80 Å². The van der Waals surface area contributed by atoms with Crippen LogP contribution in [0.15, 0.2) is 4.99 Å². The van der Waals surface area contributed by atoms with E-state index in [9.17, 15) is 13.2 Å². The molecule has 0 aliphatic carbocycles. The highest BCUT2D eigenvalue weighted by atomic mass is 32.2. The summed E-state index contributed by atoms with van der Waals surface area (Å²) in [5.41, 5.74) is -5.65. The van der Waals surface area contributed by atoms with Gasteiger partial charge in [-0.05, 0) is 12.8 Å². The number of aliphatic imine (C=N–C) groups is 1. The fourth-order valence-corrected chi connectivity index (χ4v) is 3.89. The van der Waals surface area contributed by atoms with Crippen molar-refractivity contribution in [2.24, 2.45) is 4.99 Å². The molecular weight excluding hydrogens is 397 g/mol. The number of alkyl halides is 3. The van der Waals surface area contributed by atoms with Gasteiger partial charge in [-0.25, -0.2) is 17.9 Å². The van der Waals surface area contributed by atoms with Gasteiger partial charge in [0.2, 0.25) is 6.17 Å². The molecule has 0 aromatic rings. The Balaban J connectivity index is 0.000000153. The molecule has 0 spiro atoms. The van der Waals surface area contributed by atoms with Gasteiger partial charge >= 0.3 is 5.51 Å². The van der Waals surface area contributed by atoms with Crippen molar-refractivity contribution in [2.45, 2.75) is 57.1 Å². The monoisotopic (exact) mass is 426 g/mol. The summed E-state index contributed by atoms with van der Waals surface area (Å²) in [7, 11) is -6.09. The molecule has 7 nitrogen and oxygen atoms in total. The number of nitrogens with zero attached hydrogens (tertiary/aromatic N) is 4. The summed E-state index contributed by atoms with van der Waals surface area (Å²) in [6.07, 6.45) is 11.0. The molecular formula is C17H29F3N4O3S. The standard InChI is InChI=1S/C9H17N2.C7H12N2.CHF3O3S/c1-2-10-7-4-8-11-6-3-5-9(10)11;1-3-7-8-4-2-6-9(7)5-1;2-1(3,4)8(5,6)7/h8-9H,2-7H2,1H3;1-6H2;(H,5,6,7)/q+1;;/p-1. The van der Waals surface area contributed by atoms with Crippen molar-refractivity contribution in [3.63, 3.8) is 0 Å². The van der Waals surface area contributed by atoms with Crippen molar-refractivity contribution >= 4 is 22.2 Å². The Morgan fingerprint density at radius 1 is 1.25 bits per heavy atom. The maximum Gasteiger partial charge on any atom is 0.485 e.